The van der Waals surface area contributed by atoms with Crippen molar-refractivity contribution in [1.29, 1.82) is 0 Å². The maximum Gasteiger partial charge on any atom is 0.0731 e. The first kappa shape index (κ1) is 16.9. The molecule has 1 aliphatic rings. The van der Waals surface area contributed by atoms with Crippen LogP contribution in [0.4, 0.5) is 0 Å². The Kier molecular flexibility index (Phi) is 8.67. The molecule has 0 aromatic rings. The van der Waals surface area contributed by atoms with Crippen molar-refractivity contribution in [2.75, 3.05) is 26.4 Å². The summed E-state index contributed by atoms with van der Waals surface area (Å²) in [4.78, 5) is 0. The molecule has 3 heteroatoms. The maximum absolute atomic E-state index is 6.09. The van der Waals surface area contributed by atoms with Crippen LogP contribution in [0.2, 0.25) is 0 Å². The average molecular weight is 271 g/mol. The first-order chi connectivity index (χ1) is 9.19. The molecule has 0 aromatic carbocycles. The van der Waals surface area contributed by atoms with E-state index in [1.807, 2.05) is 6.92 Å². The Morgan fingerprint density at radius 1 is 1.16 bits per heavy atom. The van der Waals surface area contributed by atoms with E-state index in [1.54, 1.807) is 0 Å². The lowest BCUT2D eigenvalue weighted by Crippen LogP contribution is -2.47. The molecule has 0 saturated heterocycles. The molecule has 3 nitrogen and oxygen atoms in total. The first-order valence-electron chi connectivity index (χ1n) is 8.11. The van der Waals surface area contributed by atoms with E-state index in [2.05, 4.69) is 26.1 Å². The number of rotatable bonds is 9. The molecule has 1 N–H and O–H groups in total. The van der Waals surface area contributed by atoms with Crippen LogP contribution in [0.25, 0.3) is 0 Å². The van der Waals surface area contributed by atoms with Crippen molar-refractivity contribution in [3.8, 4) is 0 Å². The van der Waals surface area contributed by atoms with E-state index in [4.69, 9.17) is 9.47 Å². The Balaban J connectivity index is 2.40. The molecular weight excluding hydrogens is 238 g/mol. The molecule has 0 spiro atoms. The van der Waals surface area contributed by atoms with Gasteiger partial charge < -0.3 is 14.8 Å². The zero-order chi connectivity index (χ0) is 14.1. The molecule has 0 amide bonds. The van der Waals surface area contributed by atoms with Gasteiger partial charge in [0.1, 0.15) is 0 Å². The maximum atomic E-state index is 6.09. The van der Waals surface area contributed by atoms with E-state index in [0.29, 0.717) is 12.1 Å². The molecule has 0 heterocycles. The van der Waals surface area contributed by atoms with Gasteiger partial charge in [-0.1, -0.05) is 20.8 Å². The number of hydrogen-bond donors (Lipinski definition) is 1. The summed E-state index contributed by atoms with van der Waals surface area (Å²) in [5.74, 6) is 1.59. The minimum atomic E-state index is 0.369. The number of nitrogens with one attached hydrogen (secondary N) is 1. The lowest BCUT2D eigenvalue weighted by atomic mass is 9.78. The molecule has 1 fully saturated rings. The second kappa shape index (κ2) is 9.73. The van der Waals surface area contributed by atoms with Crippen molar-refractivity contribution in [2.45, 2.75) is 65.5 Å². The number of hydrogen-bond acceptors (Lipinski definition) is 3. The predicted molar refractivity (Wildman–Crippen MR) is 80.5 cm³/mol. The van der Waals surface area contributed by atoms with Gasteiger partial charge in [-0.2, -0.15) is 0 Å². The largest absolute Gasteiger partial charge is 0.379 e. The third-order valence-electron chi connectivity index (χ3n) is 4.20. The standard InChI is InChI=1S/C16H33NO2/c1-5-9-17-15-8-7-14(13(3)4)12-16(15)19-11-10-18-6-2/h13-17H,5-12H2,1-4H3. The molecule has 3 unspecified atom stereocenters. The van der Waals surface area contributed by atoms with Crippen molar-refractivity contribution in [2.24, 2.45) is 11.8 Å². The van der Waals surface area contributed by atoms with Crippen molar-refractivity contribution in [1.82, 2.24) is 5.32 Å². The minimum absolute atomic E-state index is 0.369. The van der Waals surface area contributed by atoms with E-state index in [-0.39, 0.29) is 0 Å². The van der Waals surface area contributed by atoms with Gasteiger partial charge in [0.25, 0.3) is 0 Å². The highest BCUT2D eigenvalue weighted by atomic mass is 16.5. The summed E-state index contributed by atoms with van der Waals surface area (Å²) in [6.07, 6.45) is 5.35. The van der Waals surface area contributed by atoms with Crippen LogP contribution in [0.15, 0.2) is 0 Å². The Bertz CT molecular complexity index is 221. The van der Waals surface area contributed by atoms with Gasteiger partial charge in [0, 0.05) is 12.6 Å². The average Bonchev–Trinajstić information content (AvgIpc) is 2.41. The molecule has 0 aromatic heterocycles. The van der Waals surface area contributed by atoms with Gasteiger partial charge >= 0.3 is 0 Å². The molecule has 3 atom stereocenters. The van der Waals surface area contributed by atoms with Gasteiger partial charge in [-0.25, -0.2) is 0 Å². The van der Waals surface area contributed by atoms with E-state index < -0.39 is 0 Å². The van der Waals surface area contributed by atoms with Crippen molar-refractivity contribution < 1.29 is 9.47 Å². The SMILES string of the molecule is CCCNC1CCC(C(C)C)CC1OCCOCC. The summed E-state index contributed by atoms with van der Waals surface area (Å²) in [5, 5.41) is 3.66. The normalized spacial score (nSPS) is 27.9. The first-order valence-corrected chi connectivity index (χ1v) is 8.11. The molecule has 1 rings (SSSR count). The van der Waals surface area contributed by atoms with Gasteiger partial charge in [0.05, 0.1) is 19.3 Å². The fourth-order valence-electron chi connectivity index (χ4n) is 2.92. The van der Waals surface area contributed by atoms with E-state index in [1.165, 1.54) is 25.7 Å². The lowest BCUT2D eigenvalue weighted by molar-refractivity contribution is -0.0392. The minimum Gasteiger partial charge on any atom is -0.379 e. The van der Waals surface area contributed by atoms with Crippen LogP contribution in [0, 0.1) is 11.8 Å². The van der Waals surface area contributed by atoms with Crippen LogP contribution < -0.4 is 5.32 Å². The van der Waals surface area contributed by atoms with E-state index in [0.717, 1.165) is 38.2 Å². The van der Waals surface area contributed by atoms with Crippen LogP contribution >= 0.6 is 0 Å². The van der Waals surface area contributed by atoms with E-state index in [9.17, 15) is 0 Å². The van der Waals surface area contributed by atoms with Crippen LogP contribution in [0.1, 0.15) is 53.4 Å². The van der Waals surface area contributed by atoms with Crippen LogP contribution in [-0.4, -0.2) is 38.5 Å². The van der Waals surface area contributed by atoms with Gasteiger partial charge in [-0.3, -0.25) is 0 Å². The zero-order valence-corrected chi connectivity index (χ0v) is 13.3. The Labute approximate surface area is 119 Å². The highest BCUT2D eigenvalue weighted by molar-refractivity contribution is 4.86. The molecule has 1 saturated carbocycles. The predicted octanol–water partition coefficient (Wildman–Crippen LogP) is 3.23. The lowest BCUT2D eigenvalue weighted by Gasteiger charge is -2.38. The summed E-state index contributed by atoms with van der Waals surface area (Å²) in [7, 11) is 0. The topological polar surface area (TPSA) is 30.5 Å². The smallest absolute Gasteiger partial charge is 0.0731 e. The number of ether oxygens (including phenoxy) is 2. The van der Waals surface area contributed by atoms with Crippen LogP contribution in [0.5, 0.6) is 0 Å². The van der Waals surface area contributed by atoms with Gasteiger partial charge in [-0.15, -0.1) is 0 Å². The molecule has 114 valence electrons. The molecule has 0 bridgehead atoms. The van der Waals surface area contributed by atoms with Gasteiger partial charge in [0.15, 0.2) is 0 Å². The Morgan fingerprint density at radius 3 is 2.58 bits per heavy atom. The van der Waals surface area contributed by atoms with Crippen LogP contribution in [0.3, 0.4) is 0 Å². The zero-order valence-electron chi connectivity index (χ0n) is 13.3. The van der Waals surface area contributed by atoms with E-state index >= 15 is 0 Å². The summed E-state index contributed by atoms with van der Waals surface area (Å²) in [6, 6.07) is 0.538. The summed E-state index contributed by atoms with van der Waals surface area (Å²) in [5.41, 5.74) is 0. The fourth-order valence-corrected chi connectivity index (χ4v) is 2.92. The van der Waals surface area contributed by atoms with Crippen molar-refractivity contribution >= 4 is 0 Å². The van der Waals surface area contributed by atoms with Gasteiger partial charge in [0.2, 0.25) is 0 Å². The third kappa shape index (κ3) is 6.24. The second-order valence-electron chi connectivity index (χ2n) is 5.98. The Hall–Kier alpha value is -0.120. The Morgan fingerprint density at radius 2 is 1.95 bits per heavy atom. The third-order valence-corrected chi connectivity index (χ3v) is 4.20. The molecule has 19 heavy (non-hydrogen) atoms. The van der Waals surface area contributed by atoms with Crippen LogP contribution in [-0.2, 0) is 9.47 Å². The highest BCUT2D eigenvalue weighted by Crippen LogP contribution is 2.31. The summed E-state index contributed by atoms with van der Waals surface area (Å²) >= 11 is 0. The van der Waals surface area contributed by atoms with Crippen molar-refractivity contribution in [3.63, 3.8) is 0 Å². The fraction of sp³-hybridized carbons (Fsp3) is 1.00. The highest BCUT2D eigenvalue weighted by Gasteiger charge is 2.31. The summed E-state index contributed by atoms with van der Waals surface area (Å²) in [6.45, 7) is 12.2. The van der Waals surface area contributed by atoms with Crippen molar-refractivity contribution in [3.05, 3.63) is 0 Å². The second-order valence-corrected chi connectivity index (χ2v) is 5.98. The molecule has 0 aliphatic heterocycles. The molecule has 1 aliphatic carbocycles. The monoisotopic (exact) mass is 271 g/mol. The quantitative estimate of drug-likeness (QED) is 0.653. The molecule has 0 radical (unpaired) electrons. The van der Waals surface area contributed by atoms with Gasteiger partial charge in [-0.05, 0) is 51.0 Å². The molecular formula is C16H33NO2. The summed E-state index contributed by atoms with van der Waals surface area (Å²) < 4.78 is 11.5.